The van der Waals surface area contributed by atoms with Gasteiger partial charge in [-0.3, -0.25) is 0 Å². The largest absolute Gasteiger partial charge is 0.495 e. The third kappa shape index (κ3) is 3.00. The fraction of sp³-hybridized carbons (Fsp3) is 0.385. The van der Waals surface area contributed by atoms with E-state index >= 15 is 0 Å². The predicted molar refractivity (Wildman–Crippen MR) is 61.2 cm³/mol. The van der Waals surface area contributed by atoms with Gasteiger partial charge in [0.15, 0.2) is 0 Å². The Morgan fingerprint density at radius 1 is 1.31 bits per heavy atom. The van der Waals surface area contributed by atoms with Crippen molar-refractivity contribution >= 4 is 0 Å². The molecule has 0 saturated carbocycles. The van der Waals surface area contributed by atoms with Crippen LogP contribution in [-0.4, -0.2) is 24.4 Å². The van der Waals surface area contributed by atoms with Crippen LogP contribution in [0.4, 0.5) is 0 Å². The van der Waals surface area contributed by atoms with Crippen LogP contribution in [0, 0.1) is 0 Å². The molecule has 1 heterocycles. The van der Waals surface area contributed by atoms with Crippen molar-refractivity contribution in [3.63, 3.8) is 0 Å². The molecule has 1 aliphatic heterocycles. The van der Waals surface area contributed by atoms with Crippen molar-refractivity contribution in [1.29, 1.82) is 0 Å². The zero-order chi connectivity index (χ0) is 11.2. The fourth-order valence-electron chi connectivity index (χ4n) is 1.58. The van der Waals surface area contributed by atoms with Gasteiger partial charge in [-0.2, -0.15) is 0 Å². The first-order valence-corrected chi connectivity index (χ1v) is 5.55. The molecule has 2 rings (SSSR count). The summed E-state index contributed by atoms with van der Waals surface area (Å²) in [6.45, 7) is 0.921. The molecule has 0 saturated heterocycles. The SMILES string of the molecule is OC(COc1ccccc1)C1=CCCCO1. The molecule has 3 nitrogen and oxygen atoms in total. The van der Waals surface area contributed by atoms with Gasteiger partial charge >= 0.3 is 0 Å². The predicted octanol–water partition coefficient (Wildman–Crippen LogP) is 2.12. The third-order valence-electron chi connectivity index (χ3n) is 2.44. The van der Waals surface area contributed by atoms with Gasteiger partial charge in [-0.1, -0.05) is 18.2 Å². The first-order chi connectivity index (χ1) is 7.86. The maximum atomic E-state index is 9.82. The standard InChI is InChI=1S/C13H16O3/c14-12(13-8-4-5-9-15-13)10-16-11-6-2-1-3-7-11/h1-3,6-8,12,14H,4-5,9-10H2. The van der Waals surface area contributed by atoms with Crippen LogP contribution in [0.3, 0.4) is 0 Å². The molecule has 0 aliphatic carbocycles. The molecule has 1 N–H and O–H groups in total. The van der Waals surface area contributed by atoms with Crippen LogP contribution >= 0.6 is 0 Å². The Balaban J connectivity index is 1.83. The van der Waals surface area contributed by atoms with Gasteiger partial charge in [0, 0.05) is 0 Å². The number of hydrogen-bond acceptors (Lipinski definition) is 3. The summed E-state index contributed by atoms with van der Waals surface area (Å²) in [5.41, 5.74) is 0. The average molecular weight is 220 g/mol. The van der Waals surface area contributed by atoms with E-state index in [1.54, 1.807) is 0 Å². The summed E-state index contributed by atoms with van der Waals surface area (Å²) in [7, 11) is 0. The fourth-order valence-corrected chi connectivity index (χ4v) is 1.58. The lowest BCUT2D eigenvalue weighted by atomic mass is 10.2. The molecule has 1 aliphatic rings. The van der Waals surface area contributed by atoms with Crippen LogP contribution in [0.2, 0.25) is 0 Å². The highest BCUT2D eigenvalue weighted by Crippen LogP contribution is 2.15. The van der Waals surface area contributed by atoms with Gasteiger partial charge in [-0.25, -0.2) is 0 Å². The van der Waals surface area contributed by atoms with Crippen molar-refractivity contribution in [2.75, 3.05) is 13.2 Å². The Labute approximate surface area is 95.3 Å². The quantitative estimate of drug-likeness (QED) is 0.844. The average Bonchev–Trinajstić information content (AvgIpc) is 2.38. The van der Waals surface area contributed by atoms with Crippen molar-refractivity contribution < 1.29 is 14.6 Å². The summed E-state index contributed by atoms with van der Waals surface area (Å²) in [4.78, 5) is 0. The zero-order valence-corrected chi connectivity index (χ0v) is 9.13. The Morgan fingerprint density at radius 2 is 2.12 bits per heavy atom. The summed E-state index contributed by atoms with van der Waals surface area (Å²) in [5, 5.41) is 9.82. The topological polar surface area (TPSA) is 38.7 Å². The molecule has 16 heavy (non-hydrogen) atoms. The Bertz CT molecular complexity index is 345. The third-order valence-corrected chi connectivity index (χ3v) is 2.44. The van der Waals surface area contributed by atoms with Gasteiger partial charge < -0.3 is 14.6 Å². The number of aliphatic hydroxyl groups excluding tert-OH is 1. The molecule has 1 aromatic carbocycles. The van der Waals surface area contributed by atoms with E-state index in [1.165, 1.54) is 0 Å². The van der Waals surface area contributed by atoms with Crippen molar-refractivity contribution in [3.8, 4) is 5.75 Å². The number of allylic oxidation sites excluding steroid dienone is 1. The molecule has 0 spiro atoms. The second-order valence-electron chi connectivity index (χ2n) is 3.74. The van der Waals surface area contributed by atoms with Gasteiger partial charge in [0.05, 0.1) is 6.61 Å². The second kappa shape index (κ2) is 5.56. The van der Waals surface area contributed by atoms with Gasteiger partial charge in [-0.05, 0) is 31.1 Å². The number of rotatable bonds is 4. The summed E-state index contributed by atoms with van der Waals surface area (Å²) < 4.78 is 10.8. The van der Waals surface area contributed by atoms with E-state index < -0.39 is 6.10 Å². The lowest BCUT2D eigenvalue weighted by molar-refractivity contribution is 0.0597. The monoisotopic (exact) mass is 220 g/mol. The van der Waals surface area contributed by atoms with Crippen molar-refractivity contribution in [1.82, 2.24) is 0 Å². The van der Waals surface area contributed by atoms with Crippen molar-refractivity contribution in [2.24, 2.45) is 0 Å². The molecule has 86 valence electrons. The lowest BCUT2D eigenvalue weighted by Crippen LogP contribution is -2.23. The van der Waals surface area contributed by atoms with Gasteiger partial charge in [0.1, 0.15) is 24.2 Å². The summed E-state index contributed by atoms with van der Waals surface area (Å²) >= 11 is 0. The molecular weight excluding hydrogens is 204 g/mol. The lowest BCUT2D eigenvalue weighted by Gasteiger charge is -2.19. The number of ether oxygens (including phenoxy) is 2. The first kappa shape index (κ1) is 11.0. The van der Waals surface area contributed by atoms with E-state index in [2.05, 4.69) is 0 Å². The smallest absolute Gasteiger partial charge is 0.144 e. The van der Waals surface area contributed by atoms with E-state index in [9.17, 15) is 5.11 Å². The van der Waals surface area contributed by atoms with Gasteiger partial charge in [-0.15, -0.1) is 0 Å². The van der Waals surface area contributed by atoms with Crippen LogP contribution in [-0.2, 0) is 4.74 Å². The van der Waals surface area contributed by atoms with E-state index in [0.29, 0.717) is 12.4 Å². The molecule has 1 unspecified atom stereocenters. The first-order valence-electron chi connectivity index (χ1n) is 5.55. The second-order valence-corrected chi connectivity index (χ2v) is 3.74. The van der Waals surface area contributed by atoms with Crippen LogP contribution in [0.15, 0.2) is 42.2 Å². The van der Waals surface area contributed by atoms with E-state index in [1.807, 2.05) is 36.4 Å². The van der Waals surface area contributed by atoms with Crippen molar-refractivity contribution in [3.05, 3.63) is 42.2 Å². The minimum Gasteiger partial charge on any atom is -0.495 e. The van der Waals surface area contributed by atoms with Gasteiger partial charge in [0.25, 0.3) is 0 Å². The highest BCUT2D eigenvalue weighted by Gasteiger charge is 2.15. The molecule has 0 fully saturated rings. The van der Waals surface area contributed by atoms with E-state index in [4.69, 9.17) is 9.47 Å². The molecule has 0 aromatic heterocycles. The molecular formula is C13H16O3. The highest BCUT2D eigenvalue weighted by molar-refractivity contribution is 5.21. The number of benzene rings is 1. The minimum atomic E-state index is -0.666. The van der Waals surface area contributed by atoms with Crippen LogP contribution < -0.4 is 4.74 Å². The molecule has 0 radical (unpaired) electrons. The number of aliphatic hydroxyl groups is 1. The van der Waals surface area contributed by atoms with Crippen LogP contribution in [0.1, 0.15) is 12.8 Å². The summed E-state index contributed by atoms with van der Waals surface area (Å²) in [5.74, 6) is 1.40. The Hall–Kier alpha value is -1.48. The molecule has 0 bridgehead atoms. The molecule has 3 heteroatoms. The molecule has 0 amide bonds. The molecule has 1 aromatic rings. The summed E-state index contributed by atoms with van der Waals surface area (Å²) in [6, 6.07) is 9.46. The maximum Gasteiger partial charge on any atom is 0.144 e. The van der Waals surface area contributed by atoms with Crippen LogP contribution in [0.5, 0.6) is 5.75 Å². The minimum absolute atomic E-state index is 0.232. The van der Waals surface area contributed by atoms with E-state index in [0.717, 1.165) is 18.6 Å². The zero-order valence-electron chi connectivity index (χ0n) is 9.13. The van der Waals surface area contributed by atoms with Crippen LogP contribution in [0.25, 0.3) is 0 Å². The number of hydrogen-bond donors (Lipinski definition) is 1. The van der Waals surface area contributed by atoms with Gasteiger partial charge in [0.2, 0.25) is 0 Å². The summed E-state index contributed by atoms with van der Waals surface area (Å²) in [6.07, 6.45) is 3.26. The Kier molecular flexibility index (Phi) is 3.83. The molecule has 1 atom stereocenters. The van der Waals surface area contributed by atoms with Crippen molar-refractivity contribution in [2.45, 2.75) is 18.9 Å². The highest BCUT2D eigenvalue weighted by atomic mass is 16.5. The van der Waals surface area contributed by atoms with E-state index in [-0.39, 0.29) is 6.61 Å². The number of para-hydroxylation sites is 1. The Morgan fingerprint density at radius 3 is 2.81 bits per heavy atom. The normalized spacial score (nSPS) is 17.2. The maximum absolute atomic E-state index is 9.82.